The van der Waals surface area contributed by atoms with Crippen LogP contribution in [0.3, 0.4) is 0 Å². The molecule has 0 bridgehead atoms. The molecule has 1 atom stereocenters. The minimum Gasteiger partial charge on any atom is -0.317 e. The molecule has 17 heavy (non-hydrogen) atoms. The van der Waals surface area contributed by atoms with Gasteiger partial charge in [0.05, 0.1) is 0 Å². The van der Waals surface area contributed by atoms with Gasteiger partial charge in [0.25, 0.3) is 0 Å². The van der Waals surface area contributed by atoms with Gasteiger partial charge in [-0.3, -0.25) is 0 Å². The number of rotatable bonds is 6. The summed E-state index contributed by atoms with van der Waals surface area (Å²) in [5.74, 6) is 0.784. The Balaban J connectivity index is 1.80. The van der Waals surface area contributed by atoms with Crippen molar-refractivity contribution in [2.24, 2.45) is 5.92 Å². The molecule has 1 unspecified atom stereocenters. The summed E-state index contributed by atoms with van der Waals surface area (Å²) >= 11 is 0. The minimum absolute atomic E-state index is 0.127. The minimum atomic E-state index is -0.127. The fourth-order valence-electron chi connectivity index (χ4n) is 2.57. The van der Waals surface area contributed by atoms with E-state index in [2.05, 4.69) is 12.4 Å². The summed E-state index contributed by atoms with van der Waals surface area (Å²) < 4.78 is 13.0. The fourth-order valence-corrected chi connectivity index (χ4v) is 2.57. The molecule has 1 nitrogen and oxygen atoms in total. The highest BCUT2D eigenvalue weighted by atomic mass is 19.1. The van der Waals surface area contributed by atoms with Gasteiger partial charge in [0.15, 0.2) is 0 Å². The van der Waals surface area contributed by atoms with E-state index in [-0.39, 0.29) is 5.82 Å². The van der Waals surface area contributed by atoms with Crippen LogP contribution in [-0.4, -0.2) is 13.1 Å². The SMILES string of the molecule is CNC(CCCc1ccc(F)cc1C)C1CC1. The van der Waals surface area contributed by atoms with Crippen LogP contribution in [0.1, 0.15) is 36.8 Å². The van der Waals surface area contributed by atoms with Crippen LogP contribution in [0, 0.1) is 18.7 Å². The number of hydrogen-bond donors (Lipinski definition) is 1. The Morgan fingerprint density at radius 3 is 2.76 bits per heavy atom. The number of halogens is 1. The lowest BCUT2D eigenvalue weighted by molar-refractivity contribution is 0.456. The summed E-state index contributed by atoms with van der Waals surface area (Å²) in [5, 5.41) is 3.41. The third-order valence-corrected chi connectivity index (χ3v) is 3.83. The molecular formula is C15H22FN. The van der Waals surface area contributed by atoms with Crippen LogP contribution < -0.4 is 5.32 Å². The standard InChI is InChI=1S/C15H22FN/c1-11-10-14(16)9-8-12(11)4-3-5-15(17-2)13-6-7-13/h8-10,13,15,17H,3-7H2,1-2H3. The van der Waals surface area contributed by atoms with Crippen molar-refractivity contribution in [1.29, 1.82) is 0 Å². The molecule has 1 aromatic carbocycles. The highest BCUT2D eigenvalue weighted by molar-refractivity contribution is 5.26. The van der Waals surface area contributed by atoms with Crippen molar-refractivity contribution in [3.05, 3.63) is 35.1 Å². The van der Waals surface area contributed by atoms with Gasteiger partial charge in [0.2, 0.25) is 0 Å². The van der Waals surface area contributed by atoms with E-state index in [0.29, 0.717) is 6.04 Å². The molecule has 0 heterocycles. The van der Waals surface area contributed by atoms with Gasteiger partial charge in [-0.05, 0) is 75.3 Å². The Labute approximate surface area is 103 Å². The van der Waals surface area contributed by atoms with Gasteiger partial charge < -0.3 is 5.32 Å². The molecule has 1 saturated carbocycles. The Kier molecular flexibility index (Phi) is 4.16. The maximum absolute atomic E-state index is 13.0. The van der Waals surface area contributed by atoms with E-state index in [0.717, 1.165) is 17.9 Å². The maximum atomic E-state index is 13.0. The van der Waals surface area contributed by atoms with Crippen LogP contribution in [0.5, 0.6) is 0 Å². The summed E-state index contributed by atoms with van der Waals surface area (Å²) in [6, 6.07) is 5.82. The van der Waals surface area contributed by atoms with Crippen LogP contribution in [-0.2, 0) is 6.42 Å². The lowest BCUT2D eigenvalue weighted by Gasteiger charge is -2.15. The van der Waals surface area contributed by atoms with E-state index >= 15 is 0 Å². The van der Waals surface area contributed by atoms with Crippen LogP contribution in [0.2, 0.25) is 0 Å². The predicted octanol–water partition coefficient (Wildman–Crippen LogP) is 3.45. The molecule has 94 valence electrons. The predicted molar refractivity (Wildman–Crippen MR) is 69.6 cm³/mol. The first-order valence-corrected chi connectivity index (χ1v) is 6.63. The summed E-state index contributed by atoms with van der Waals surface area (Å²) in [5.41, 5.74) is 2.37. The monoisotopic (exact) mass is 235 g/mol. The molecule has 0 saturated heterocycles. The molecule has 0 spiro atoms. The molecule has 1 N–H and O–H groups in total. The quantitative estimate of drug-likeness (QED) is 0.796. The Hall–Kier alpha value is -0.890. The summed E-state index contributed by atoms with van der Waals surface area (Å²) in [7, 11) is 2.06. The Morgan fingerprint density at radius 2 is 2.18 bits per heavy atom. The van der Waals surface area contributed by atoms with E-state index in [1.165, 1.54) is 31.2 Å². The normalized spacial score (nSPS) is 17.1. The molecule has 1 aliphatic rings. The highest BCUT2D eigenvalue weighted by Crippen LogP contribution is 2.34. The molecule has 0 radical (unpaired) electrons. The van der Waals surface area contributed by atoms with Crippen LogP contribution in [0.15, 0.2) is 18.2 Å². The van der Waals surface area contributed by atoms with E-state index in [1.807, 2.05) is 13.0 Å². The van der Waals surface area contributed by atoms with E-state index in [9.17, 15) is 4.39 Å². The third kappa shape index (κ3) is 3.53. The molecule has 0 aliphatic heterocycles. The summed E-state index contributed by atoms with van der Waals surface area (Å²) in [6.07, 6.45) is 6.27. The van der Waals surface area contributed by atoms with Gasteiger partial charge in [-0.1, -0.05) is 6.07 Å². The van der Waals surface area contributed by atoms with Crippen molar-refractivity contribution >= 4 is 0 Å². The molecule has 1 aromatic rings. The largest absolute Gasteiger partial charge is 0.317 e. The zero-order valence-electron chi connectivity index (χ0n) is 10.8. The van der Waals surface area contributed by atoms with E-state index < -0.39 is 0 Å². The third-order valence-electron chi connectivity index (χ3n) is 3.83. The molecule has 1 fully saturated rings. The second kappa shape index (κ2) is 5.63. The van der Waals surface area contributed by atoms with Gasteiger partial charge in [-0.2, -0.15) is 0 Å². The van der Waals surface area contributed by atoms with Gasteiger partial charge >= 0.3 is 0 Å². The van der Waals surface area contributed by atoms with Crippen molar-refractivity contribution in [1.82, 2.24) is 5.32 Å². The molecule has 2 rings (SSSR count). The van der Waals surface area contributed by atoms with Crippen molar-refractivity contribution in [3.63, 3.8) is 0 Å². The number of hydrogen-bond acceptors (Lipinski definition) is 1. The molecule has 0 aromatic heterocycles. The van der Waals surface area contributed by atoms with Crippen LogP contribution >= 0.6 is 0 Å². The smallest absolute Gasteiger partial charge is 0.123 e. The first kappa shape index (κ1) is 12.6. The number of benzene rings is 1. The van der Waals surface area contributed by atoms with Crippen LogP contribution in [0.4, 0.5) is 4.39 Å². The van der Waals surface area contributed by atoms with Crippen molar-refractivity contribution in [2.75, 3.05) is 7.05 Å². The molecule has 0 amide bonds. The number of aryl methyl sites for hydroxylation is 2. The first-order valence-electron chi connectivity index (χ1n) is 6.63. The van der Waals surface area contributed by atoms with Gasteiger partial charge in [0, 0.05) is 6.04 Å². The van der Waals surface area contributed by atoms with Gasteiger partial charge in [-0.25, -0.2) is 4.39 Å². The van der Waals surface area contributed by atoms with Crippen molar-refractivity contribution < 1.29 is 4.39 Å². The lowest BCUT2D eigenvalue weighted by Crippen LogP contribution is -2.27. The second-order valence-corrected chi connectivity index (χ2v) is 5.20. The second-order valence-electron chi connectivity index (χ2n) is 5.20. The zero-order valence-corrected chi connectivity index (χ0v) is 10.8. The topological polar surface area (TPSA) is 12.0 Å². The Bertz CT molecular complexity index is 371. The summed E-state index contributed by atoms with van der Waals surface area (Å²) in [6.45, 7) is 1.99. The lowest BCUT2D eigenvalue weighted by atomic mass is 9.99. The summed E-state index contributed by atoms with van der Waals surface area (Å²) in [4.78, 5) is 0. The highest BCUT2D eigenvalue weighted by Gasteiger charge is 2.29. The maximum Gasteiger partial charge on any atom is 0.123 e. The Morgan fingerprint density at radius 1 is 1.41 bits per heavy atom. The first-order chi connectivity index (χ1) is 8.20. The molecule has 2 heteroatoms. The fraction of sp³-hybridized carbons (Fsp3) is 0.600. The van der Waals surface area contributed by atoms with Crippen molar-refractivity contribution in [3.8, 4) is 0 Å². The van der Waals surface area contributed by atoms with E-state index in [4.69, 9.17) is 0 Å². The molecular weight excluding hydrogens is 213 g/mol. The average molecular weight is 235 g/mol. The average Bonchev–Trinajstić information content (AvgIpc) is 3.11. The number of nitrogens with one attached hydrogen (secondary N) is 1. The van der Waals surface area contributed by atoms with Crippen LogP contribution in [0.25, 0.3) is 0 Å². The van der Waals surface area contributed by atoms with E-state index in [1.54, 1.807) is 12.1 Å². The molecule has 1 aliphatic carbocycles. The van der Waals surface area contributed by atoms with Gasteiger partial charge in [-0.15, -0.1) is 0 Å². The zero-order chi connectivity index (χ0) is 12.3. The van der Waals surface area contributed by atoms with Crippen molar-refractivity contribution in [2.45, 2.75) is 45.1 Å². The van der Waals surface area contributed by atoms with Gasteiger partial charge in [0.1, 0.15) is 5.82 Å².